The van der Waals surface area contributed by atoms with Gasteiger partial charge in [-0.3, -0.25) is 10.3 Å². The molecule has 1 amide bonds. The number of anilines is 1. The highest BCUT2D eigenvalue weighted by atomic mass is 32.1. The molecule has 2 aromatic heterocycles. The molecule has 0 radical (unpaired) electrons. The molecule has 0 aliphatic heterocycles. The molecule has 0 unspecified atom stereocenters. The Hall–Kier alpha value is -2.28. The van der Waals surface area contributed by atoms with Gasteiger partial charge in [-0.1, -0.05) is 0 Å². The number of carbonyl (C=O) groups excluding carboxylic acids is 1. The summed E-state index contributed by atoms with van der Waals surface area (Å²) in [6.45, 7) is 5.37. The van der Waals surface area contributed by atoms with Crippen LogP contribution in [0.1, 0.15) is 32.2 Å². The summed E-state index contributed by atoms with van der Waals surface area (Å²) in [5.74, 6) is -0.380. The van der Waals surface area contributed by atoms with E-state index in [1.165, 1.54) is 17.4 Å². The number of aromatic nitrogens is 2. The van der Waals surface area contributed by atoms with E-state index in [1.54, 1.807) is 44.4 Å². The Labute approximate surface area is 131 Å². The van der Waals surface area contributed by atoms with E-state index in [0.29, 0.717) is 16.5 Å². The van der Waals surface area contributed by atoms with Crippen LogP contribution in [0.2, 0.25) is 0 Å². The van der Waals surface area contributed by atoms with Gasteiger partial charge in [0.25, 0.3) is 0 Å². The molecule has 1 N–H and O–H groups in total. The zero-order valence-corrected chi connectivity index (χ0v) is 13.3. The van der Waals surface area contributed by atoms with Gasteiger partial charge in [-0.15, -0.1) is 11.3 Å². The lowest BCUT2D eigenvalue weighted by Gasteiger charge is -2.18. The van der Waals surface area contributed by atoms with Crippen LogP contribution in [0.15, 0.2) is 23.7 Å². The number of ether oxygens (including phenoxy) is 1. The van der Waals surface area contributed by atoms with E-state index in [1.807, 2.05) is 0 Å². The first kappa shape index (κ1) is 16.1. The summed E-state index contributed by atoms with van der Waals surface area (Å²) in [5, 5.41) is 4.80. The number of thiazole rings is 1. The minimum absolute atomic E-state index is 0.380. The van der Waals surface area contributed by atoms with Gasteiger partial charge >= 0.3 is 6.09 Å². The molecule has 0 aliphatic rings. The predicted molar refractivity (Wildman–Crippen MR) is 85.1 cm³/mol. The third-order valence-electron chi connectivity index (χ3n) is 2.30. The summed E-state index contributed by atoms with van der Waals surface area (Å²) in [4.78, 5) is 19.8. The third kappa shape index (κ3) is 5.25. The molecule has 0 fully saturated rings. The van der Waals surface area contributed by atoms with Gasteiger partial charge in [0.2, 0.25) is 0 Å². The van der Waals surface area contributed by atoms with Gasteiger partial charge in [0.15, 0.2) is 5.13 Å². The van der Waals surface area contributed by atoms with Gasteiger partial charge in [-0.25, -0.2) is 14.2 Å². The number of nitrogens with one attached hydrogen (secondary N) is 1. The average Bonchev–Trinajstić information content (AvgIpc) is 2.83. The van der Waals surface area contributed by atoms with Gasteiger partial charge < -0.3 is 4.74 Å². The van der Waals surface area contributed by atoms with E-state index in [2.05, 4.69) is 15.3 Å². The van der Waals surface area contributed by atoms with Gasteiger partial charge in [0, 0.05) is 5.38 Å². The number of rotatable bonds is 3. The fourth-order valence-electron chi connectivity index (χ4n) is 1.47. The van der Waals surface area contributed by atoms with Crippen molar-refractivity contribution in [1.29, 1.82) is 0 Å². The molecule has 0 bridgehead atoms. The summed E-state index contributed by atoms with van der Waals surface area (Å²) in [7, 11) is 0. The Morgan fingerprint density at radius 1 is 1.32 bits per heavy atom. The number of hydrogen-bond donors (Lipinski definition) is 1. The first-order valence-electron chi connectivity index (χ1n) is 6.57. The summed E-state index contributed by atoms with van der Waals surface area (Å²) in [6, 6.07) is 2.90. The van der Waals surface area contributed by atoms with Crippen molar-refractivity contribution in [2.24, 2.45) is 0 Å². The lowest BCUT2D eigenvalue weighted by atomic mass is 10.2. The molecule has 7 heteroatoms. The fraction of sp³-hybridized carbons (Fsp3) is 0.267. The van der Waals surface area contributed by atoms with Crippen molar-refractivity contribution in [3.8, 4) is 0 Å². The maximum absolute atomic E-state index is 12.7. The molecule has 0 spiro atoms. The Bertz CT molecular complexity index is 675. The zero-order valence-electron chi connectivity index (χ0n) is 12.5. The number of carbonyl (C=O) groups is 1. The lowest BCUT2D eigenvalue weighted by Crippen LogP contribution is -2.27. The summed E-state index contributed by atoms with van der Waals surface area (Å²) in [5.41, 5.74) is 0.733. The summed E-state index contributed by atoms with van der Waals surface area (Å²) < 4.78 is 17.9. The van der Waals surface area contributed by atoms with Crippen molar-refractivity contribution in [2.75, 3.05) is 5.32 Å². The maximum Gasteiger partial charge on any atom is 0.413 e. The number of pyridine rings is 1. The topological polar surface area (TPSA) is 64.1 Å². The number of nitrogens with zero attached hydrogens (tertiary/aromatic N) is 2. The van der Waals surface area contributed by atoms with Crippen LogP contribution in [0.4, 0.5) is 14.3 Å². The quantitative estimate of drug-likeness (QED) is 0.920. The third-order valence-corrected chi connectivity index (χ3v) is 3.08. The van der Waals surface area contributed by atoms with Crippen molar-refractivity contribution >= 4 is 34.7 Å². The molecular weight excluding hydrogens is 305 g/mol. The molecule has 2 rings (SSSR count). The van der Waals surface area contributed by atoms with Gasteiger partial charge in [0.1, 0.15) is 11.4 Å². The van der Waals surface area contributed by atoms with Crippen LogP contribution in [0.3, 0.4) is 0 Å². The molecular formula is C15H16FN3O2S. The van der Waals surface area contributed by atoms with E-state index < -0.39 is 11.7 Å². The molecule has 0 saturated carbocycles. The summed E-state index contributed by atoms with van der Waals surface area (Å²) in [6.07, 6.45) is 4.05. The van der Waals surface area contributed by atoms with E-state index in [9.17, 15) is 9.18 Å². The molecule has 0 aliphatic carbocycles. The van der Waals surface area contributed by atoms with Gasteiger partial charge in [-0.05, 0) is 45.1 Å². The maximum atomic E-state index is 12.7. The monoisotopic (exact) mass is 321 g/mol. The Morgan fingerprint density at radius 3 is 2.68 bits per heavy atom. The van der Waals surface area contributed by atoms with Crippen molar-refractivity contribution in [3.63, 3.8) is 0 Å². The number of amides is 1. The summed E-state index contributed by atoms with van der Waals surface area (Å²) >= 11 is 1.29. The van der Waals surface area contributed by atoms with Crippen LogP contribution in [0, 0.1) is 5.82 Å². The molecule has 2 aromatic rings. The van der Waals surface area contributed by atoms with Gasteiger partial charge in [-0.2, -0.15) is 0 Å². The van der Waals surface area contributed by atoms with E-state index in [-0.39, 0.29) is 5.82 Å². The molecule has 0 aromatic carbocycles. The van der Waals surface area contributed by atoms with E-state index in [0.717, 1.165) is 6.20 Å². The lowest BCUT2D eigenvalue weighted by molar-refractivity contribution is 0.0636. The Morgan fingerprint density at radius 2 is 2.05 bits per heavy atom. The molecule has 0 atom stereocenters. The minimum atomic E-state index is -0.557. The normalized spacial score (nSPS) is 11.6. The first-order valence-corrected chi connectivity index (χ1v) is 7.45. The van der Waals surface area contributed by atoms with Crippen LogP contribution >= 0.6 is 11.3 Å². The molecule has 116 valence electrons. The molecule has 22 heavy (non-hydrogen) atoms. The standard InChI is InChI=1S/C15H16FN3O2S/c1-15(2,3)21-14(20)19-13-18-12(9-22-13)7-6-11-5-4-10(16)8-17-11/h4-9H,1-3H3,(H,18,19,20). The van der Waals surface area contributed by atoms with Crippen molar-refractivity contribution < 1.29 is 13.9 Å². The van der Waals surface area contributed by atoms with E-state index in [4.69, 9.17) is 4.74 Å². The second-order valence-corrected chi connectivity index (χ2v) is 6.30. The van der Waals surface area contributed by atoms with Crippen molar-refractivity contribution in [2.45, 2.75) is 26.4 Å². The largest absolute Gasteiger partial charge is 0.444 e. The second-order valence-electron chi connectivity index (χ2n) is 5.44. The number of hydrogen-bond acceptors (Lipinski definition) is 5. The molecule has 5 nitrogen and oxygen atoms in total. The van der Waals surface area contributed by atoms with Crippen LogP contribution in [-0.2, 0) is 4.74 Å². The number of halogens is 1. The first-order chi connectivity index (χ1) is 10.3. The fourth-order valence-corrected chi connectivity index (χ4v) is 2.13. The minimum Gasteiger partial charge on any atom is -0.444 e. The molecule has 2 heterocycles. The van der Waals surface area contributed by atoms with Crippen molar-refractivity contribution in [3.05, 3.63) is 40.9 Å². The predicted octanol–water partition coefficient (Wildman–Crippen LogP) is 4.19. The Balaban J connectivity index is 1.96. The van der Waals surface area contributed by atoms with Crippen molar-refractivity contribution in [1.82, 2.24) is 9.97 Å². The highest BCUT2D eigenvalue weighted by Crippen LogP contribution is 2.18. The van der Waals surface area contributed by atoms with Crippen LogP contribution in [-0.4, -0.2) is 21.7 Å². The smallest absolute Gasteiger partial charge is 0.413 e. The average molecular weight is 321 g/mol. The SMILES string of the molecule is CC(C)(C)OC(=O)Nc1nc(C=Cc2ccc(F)cn2)cs1. The van der Waals surface area contributed by atoms with Crippen LogP contribution < -0.4 is 5.32 Å². The zero-order chi connectivity index (χ0) is 16.2. The highest BCUT2D eigenvalue weighted by Gasteiger charge is 2.17. The molecule has 0 saturated heterocycles. The van der Waals surface area contributed by atoms with E-state index >= 15 is 0 Å². The highest BCUT2D eigenvalue weighted by molar-refractivity contribution is 7.14. The van der Waals surface area contributed by atoms with Crippen LogP contribution in [0.5, 0.6) is 0 Å². The Kier molecular flexibility index (Phi) is 4.87. The second kappa shape index (κ2) is 6.65. The van der Waals surface area contributed by atoms with Gasteiger partial charge in [0.05, 0.1) is 17.6 Å². The van der Waals surface area contributed by atoms with Crippen LogP contribution in [0.25, 0.3) is 12.2 Å².